The minimum atomic E-state index is -0.0703. The van der Waals surface area contributed by atoms with Crippen molar-refractivity contribution >= 4 is 34.0 Å². The molecule has 0 amide bonds. The van der Waals surface area contributed by atoms with Gasteiger partial charge in [-0.05, 0) is 67.5 Å². The molecule has 6 rings (SSSR count). The number of nitrogens with zero attached hydrogens (tertiary/aromatic N) is 3. The lowest BCUT2D eigenvalue weighted by Gasteiger charge is -2.12. The zero-order valence-electron chi connectivity index (χ0n) is 20.9. The summed E-state index contributed by atoms with van der Waals surface area (Å²) in [6, 6.07) is 34.5. The van der Waals surface area contributed by atoms with Crippen molar-refractivity contribution in [1.29, 1.82) is 0 Å². The third-order valence-corrected chi connectivity index (χ3v) is 6.92. The van der Waals surface area contributed by atoms with Crippen molar-refractivity contribution in [3.8, 4) is 5.69 Å². The third-order valence-electron chi connectivity index (χ3n) is 6.92. The molecule has 0 atom stereocenters. The molecule has 2 heterocycles. The normalized spacial score (nSPS) is 11.6. The van der Waals surface area contributed by atoms with E-state index in [2.05, 4.69) is 66.1 Å². The van der Waals surface area contributed by atoms with Gasteiger partial charge in [0.15, 0.2) is 0 Å². The van der Waals surface area contributed by atoms with Crippen molar-refractivity contribution in [2.24, 2.45) is 0 Å². The van der Waals surface area contributed by atoms with Crippen molar-refractivity contribution < 1.29 is 0 Å². The fourth-order valence-corrected chi connectivity index (χ4v) is 5.07. The van der Waals surface area contributed by atoms with Gasteiger partial charge in [0.1, 0.15) is 5.82 Å². The molecule has 0 aliphatic carbocycles. The first-order valence-corrected chi connectivity index (χ1v) is 12.5. The Labute approximate surface area is 215 Å². The van der Waals surface area contributed by atoms with Gasteiger partial charge in [0, 0.05) is 28.7 Å². The predicted octanol–water partition coefficient (Wildman–Crippen LogP) is 7.18. The summed E-state index contributed by atoms with van der Waals surface area (Å²) in [7, 11) is 0. The number of hydrogen-bond donors (Lipinski definition) is 0. The molecular weight excluding hydrogens is 454 g/mol. The van der Waals surface area contributed by atoms with Gasteiger partial charge in [0.05, 0.1) is 16.6 Å². The standard InChI is InChI=1S/C33H27N3O/c1-23-11-10-14-26(21-23)36-32(34-30-17-8-6-16-29(30)33(36)37)20-19-27-24(2)35(22-25-12-4-3-5-13-25)31-18-9-7-15-28(27)31/h3-21H,22H2,1-2H3. The molecule has 180 valence electrons. The molecule has 0 aliphatic heterocycles. The highest BCUT2D eigenvalue weighted by atomic mass is 16.1. The van der Waals surface area contributed by atoms with Crippen LogP contribution in [0.5, 0.6) is 0 Å². The summed E-state index contributed by atoms with van der Waals surface area (Å²) < 4.78 is 4.07. The van der Waals surface area contributed by atoms with Gasteiger partial charge in [-0.2, -0.15) is 0 Å². The quantitative estimate of drug-likeness (QED) is 0.262. The summed E-state index contributed by atoms with van der Waals surface area (Å²) in [6.07, 6.45) is 4.07. The van der Waals surface area contributed by atoms with Crippen LogP contribution in [0.4, 0.5) is 0 Å². The number of hydrogen-bond acceptors (Lipinski definition) is 2. The van der Waals surface area contributed by atoms with Gasteiger partial charge in [-0.1, -0.05) is 72.8 Å². The Hall–Kier alpha value is -4.70. The van der Waals surface area contributed by atoms with Crippen molar-refractivity contribution in [3.63, 3.8) is 0 Å². The number of rotatable bonds is 5. The molecule has 0 N–H and O–H groups in total. The van der Waals surface area contributed by atoms with Crippen LogP contribution in [-0.4, -0.2) is 14.1 Å². The molecule has 4 nitrogen and oxygen atoms in total. The van der Waals surface area contributed by atoms with E-state index in [0.29, 0.717) is 16.7 Å². The van der Waals surface area contributed by atoms with Crippen molar-refractivity contribution in [2.75, 3.05) is 0 Å². The van der Waals surface area contributed by atoms with Crippen LogP contribution in [0.1, 0.15) is 28.2 Å². The number of benzene rings is 4. The van der Waals surface area contributed by atoms with Gasteiger partial charge in [0.25, 0.3) is 5.56 Å². The largest absolute Gasteiger partial charge is 0.340 e. The Morgan fingerprint density at radius 1 is 0.757 bits per heavy atom. The Bertz CT molecular complexity index is 1840. The summed E-state index contributed by atoms with van der Waals surface area (Å²) in [6.45, 7) is 4.98. The summed E-state index contributed by atoms with van der Waals surface area (Å²) in [5.41, 5.74) is 7.27. The Kier molecular flexibility index (Phi) is 5.78. The molecule has 0 saturated heterocycles. The van der Waals surface area contributed by atoms with Gasteiger partial charge in [0.2, 0.25) is 0 Å². The van der Waals surface area contributed by atoms with Crippen LogP contribution in [-0.2, 0) is 6.54 Å². The van der Waals surface area contributed by atoms with Crippen molar-refractivity contribution in [1.82, 2.24) is 14.1 Å². The fraction of sp³-hybridized carbons (Fsp3) is 0.0909. The SMILES string of the molecule is Cc1cccc(-n2c(C=Cc3c(C)n(Cc4ccccc4)c4ccccc34)nc3ccccc3c2=O)c1. The van der Waals surface area contributed by atoms with Gasteiger partial charge in [-0.15, -0.1) is 0 Å². The van der Waals surface area contributed by atoms with Gasteiger partial charge < -0.3 is 4.57 Å². The maximum atomic E-state index is 13.6. The molecule has 37 heavy (non-hydrogen) atoms. The van der Waals surface area contributed by atoms with E-state index in [-0.39, 0.29) is 5.56 Å². The lowest BCUT2D eigenvalue weighted by molar-refractivity contribution is 0.804. The number of fused-ring (bicyclic) bond motifs is 2. The predicted molar refractivity (Wildman–Crippen MR) is 153 cm³/mol. The minimum absolute atomic E-state index is 0.0703. The molecule has 0 spiro atoms. The van der Waals surface area contributed by atoms with Crippen LogP contribution in [0.2, 0.25) is 0 Å². The molecule has 4 aromatic carbocycles. The maximum absolute atomic E-state index is 13.6. The zero-order valence-corrected chi connectivity index (χ0v) is 20.9. The van der Waals surface area contributed by atoms with Crippen LogP contribution >= 0.6 is 0 Å². The van der Waals surface area contributed by atoms with Crippen molar-refractivity contribution in [3.05, 3.63) is 142 Å². The first-order valence-electron chi connectivity index (χ1n) is 12.5. The van der Waals surface area contributed by atoms with E-state index in [1.54, 1.807) is 4.57 Å². The van der Waals surface area contributed by atoms with Crippen LogP contribution in [0.3, 0.4) is 0 Å². The zero-order chi connectivity index (χ0) is 25.4. The third kappa shape index (κ3) is 4.17. The fourth-order valence-electron chi connectivity index (χ4n) is 5.07. The maximum Gasteiger partial charge on any atom is 0.266 e. The second kappa shape index (κ2) is 9.40. The van der Waals surface area contributed by atoms with E-state index < -0.39 is 0 Å². The number of aromatic nitrogens is 3. The van der Waals surface area contributed by atoms with Gasteiger partial charge in [-0.25, -0.2) is 4.98 Å². The Morgan fingerprint density at radius 2 is 1.49 bits per heavy atom. The molecule has 0 radical (unpaired) electrons. The molecule has 0 fully saturated rings. The monoisotopic (exact) mass is 481 g/mol. The summed E-state index contributed by atoms with van der Waals surface area (Å²) in [4.78, 5) is 18.6. The lowest BCUT2D eigenvalue weighted by Crippen LogP contribution is -2.22. The number of aryl methyl sites for hydroxylation is 1. The molecule has 4 heteroatoms. The first-order chi connectivity index (χ1) is 18.1. The van der Waals surface area contributed by atoms with E-state index in [0.717, 1.165) is 23.4 Å². The molecule has 0 bridgehead atoms. The van der Waals surface area contributed by atoms with Crippen LogP contribution in [0, 0.1) is 13.8 Å². The Morgan fingerprint density at radius 3 is 2.30 bits per heavy atom. The lowest BCUT2D eigenvalue weighted by atomic mass is 10.1. The van der Waals surface area contributed by atoms with Crippen molar-refractivity contribution in [2.45, 2.75) is 20.4 Å². The van der Waals surface area contributed by atoms with Crippen LogP contribution in [0.15, 0.2) is 108 Å². The highest BCUT2D eigenvalue weighted by molar-refractivity contribution is 5.94. The van der Waals surface area contributed by atoms with E-state index in [1.165, 1.54) is 22.2 Å². The minimum Gasteiger partial charge on any atom is -0.340 e. The van der Waals surface area contributed by atoms with E-state index in [4.69, 9.17) is 4.98 Å². The highest BCUT2D eigenvalue weighted by Crippen LogP contribution is 2.29. The topological polar surface area (TPSA) is 39.8 Å². The molecule has 0 aliphatic rings. The van der Waals surface area contributed by atoms with Crippen LogP contribution in [0.25, 0.3) is 39.6 Å². The summed E-state index contributed by atoms with van der Waals surface area (Å²) in [5, 5.41) is 1.79. The molecule has 0 saturated carbocycles. The average molecular weight is 482 g/mol. The molecule has 0 unspecified atom stereocenters. The second-order valence-electron chi connectivity index (χ2n) is 9.39. The second-order valence-corrected chi connectivity index (χ2v) is 9.39. The number of para-hydroxylation sites is 2. The molecule has 6 aromatic rings. The van der Waals surface area contributed by atoms with E-state index >= 15 is 0 Å². The molecule has 2 aromatic heterocycles. The first kappa shape index (κ1) is 22.7. The average Bonchev–Trinajstić information content (AvgIpc) is 3.18. The van der Waals surface area contributed by atoms with Gasteiger partial charge >= 0.3 is 0 Å². The smallest absolute Gasteiger partial charge is 0.266 e. The highest BCUT2D eigenvalue weighted by Gasteiger charge is 2.14. The van der Waals surface area contributed by atoms with Gasteiger partial charge in [-0.3, -0.25) is 9.36 Å². The van der Waals surface area contributed by atoms with E-state index in [9.17, 15) is 4.79 Å². The summed E-state index contributed by atoms with van der Waals surface area (Å²) in [5.74, 6) is 0.605. The Balaban J connectivity index is 1.53. The van der Waals surface area contributed by atoms with E-state index in [1.807, 2.05) is 67.6 Å². The van der Waals surface area contributed by atoms with Crippen LogP contribution < -0.4 is 5.56 Å². The summed E-state index contributed by atoms with van der Waals surface area (Å²) >= 11 is 0. The molecular formula is C33H27N3O.